The molecule has 19 heavy (non-hydrogen) atoms. The van der Waals surface area contributed by atoms with Gasteiger partial charge in [-0.2, -0.15) is 0 Å². The van der Waals surface area contributed by atoms with Crippen LogP contribution in [0.2, 0.25) is 0 Å². The molecule has 2 aromatic rings. The number of nitrogens with zero attached hydrogens (tertiary/aromatic N) is 1. The number of sulfone groups is 1. The maximum atomic E-state index is 11.3. The Hall–Kier alpha value is -2.21. The zero-order valence-electron chi connectivity index (χ0n) is 10.1. The zero-order chi connectivity index (χ0) is 14.0. The highest BCUT2D eigenvalue weighted by Gasteiger charge is 2.14. The van der Waals surface area contributed by atoms with Crippen molar-refractivity contribution in [3.63, 3.8) is 0 Å². The fraction of sp³-hybridized carbons (Fsp3) is 0.0769. The van der Waals surface area contributed by atoms with Crippen molar-refractivity contribution in [1.29, 1.82) is 0 Å². The SMILES string of the molecule is CS(=O)(=O)c1ccc(-c2ccccc2[N+](=O)[O-])cc1. The lowest BCUT2D eigenvalue weighted by atomic mass is 10.0. The predicted molar refractivity (Wildman–Crippen MR) is 71.6 cm³/mol. The van der Waals surface area contributed by atoms with Gasteiger partial charge in [-0.3, -0.25) is 10.1 Å². The third-order valence-corrected chi connectivity index (χ3v) is 3.82. The monoisotopic (exact) mass is 277 g/mol. The van der Waals surface area contributed by atoms with Crippen LogP contribution < -0.4 is 0 Å². The smallest absolute Gasteiger partial charge is 0.258 e. The first-order chi connectivity index (χ1) is 8.89. The summed E-state index contributed by atoms with van der Waals surface area (Å²) < 4.78 is 22.7. The molecule has 0 aliphatic carbocycles. The average molecular weight is 277 g/mol. The number of hydrogen-bond donors (Lipinski definition) is 0. The average Bonchev–Trinajstić information content (AvgIpc) is 2.38. The molecule has 0 atom stereocenters. The maximum absolute atomic E-state index is 11.3. The molecule has 0 heterocycles. The molecule has 0 spiro atoms. The highest BCUT2D eigenvalue weighted by Crippen LogP contribution is 2.29. The van der Waals surface area contributed by atoms with Gasteiger partial charge in [-0.1, -0.05) is 24.3 Å². The Bertz CT molecular complexity index is 721. The lowest BCUT2D eigenvalue weighted by molar-refractivity contribution is -0.384. The van der Waals surface area contributed by atoms with E-state index in [-0.39, 0.29) is 10.6 Å². The van der Waals surface area contributed by atoms with Crippen LogP contribution in [-0.4, -0.2) is 19.6 Å². The van der Waals surface area contributed by atoms with Gasteiger partial charge in [-0.05, 0) is 23.8 Å². The summed E-state index contributed by atoms with van der Waals surface area (Å²) >= 11 is 0. The van der Waals surface area contributed by atoms with E-state index in [1.165, 1.54) is 18.2 Å². The Kier molecular flexibility index (Phi) is 3.35. The number of hydrogen-bond acceptors (Lipinski definition) is 4. The van der Waals surface area contributed by atoms with Crippen LogP contribution in [0, 0.1) is 10.1 Å². The third kappa shape index (κ3) is 2.79. The van der Waals surface area contributed by atoms with Crippen LogP contribution in [0.1, 0.15) is 0 Å². The minimum atomic E-state index is -3.26. The number of para-hydroxylation sites is 1. The van der Waals surface area contributed by atoms with Gasteiger partial charge in [0.2, 0.25) is 0 Å². The summed E-state index contributed by atoms with van der Waals surface area (Å²) in [5, 5.41) is 10.9. The Morgan fingerprint density at radius 3 is 2.11 bits per heavy atom. The first-order valence-corrected chi connectivity index (χ1v) is 7.32. The Balaban J connectivity index is 2.52. The van der Waals surface area contributed by atoms with Crippen LogP contribution in [0.15, 0.2) is 53.4 Å². The van der Waals surface area contributed by atoms with Crippen molar-refractivity contribution in [2.45, 2.75) is 4.90 Å². The molecule has 0 aliphatic heterocycles. The van der Waals surface area contributed by atoms with E-state index >= 15 is 0 Å². The van der Waals surface area contributed by atoms with Crippen LogP contribution in [-0.2, 0) is 9.84 Å². The summed E-state index contributed by atoms with van der Waals surface area (Å²) in [7, 11) is -3.26. The Labute approximate surface area is 110 Å². The van der Waals surface area contributed by atoms with Crippen LogP contribution >= 0.6 is 0 Å². The molecule has 0 saturated heterocycles. The summed E-state index contributed by atoms with van der Waals surface area (Å²) in [6, 6.07) is 12.4. The molecule has 2 rings (SSSR count). The molecule has 0 radical (unpaired) electrons. The van der Waals surface area contributed by atoms with Crippen LogP contribution in [0.3, 0.4) is 0 Å². The molecule has 0 fully saturated rings. The van der Waals surface area contributed by atoms with Crippen LogP contribution in [0.5, 0.6) is 0 Å². The molecule has 98 valence electrons. The minimum absolute atomic E-state index is 0.00499. The standard InChI is InChI=1S/C13H11NO4S/c1-19(17,18)11-8-6-10(7-9-11)12-4-2-3-5-13(12)14(15)16/h2-9H,1H3. The van der Waals surface area contributed by atoms with Crippen LogP contribution in [0.25, 0.3) is 11.1 Å². The largest absolute Gasteiger partial charge is 0.277 e. The molecule has 0 bridgehead atoms. The zero-order valence-corrected chi connectivity index (χ0v) is 10.9. The van der Waals surface area contributed by atoms with Crippen molar-refractivity contribution in [2.24, 2.45) is 0 Å². The van der Waals surface area contributed by atoms with E-state index in [0.717, 1.165) is 6.26 Å². The molecule has 0 aromatic heterocycles. The van der Waals surface area contributed by atoms with E-state index in [1.807, 2.05) is 0 Å². The van der Waals surface area contributed by atoms with Gasteiger partial charge in [0.05, 0.1) is 15.4 Å². The molecule has 0 N–H and O–H groups in total. The number of nitro groups is 1. The second-order valence-electron chi connectivity index (χ2n) is 4.07. The van der Waals surface area contributed by atoms with Crippen molar-refractivity contribution in [3.05, 3.63) is 58.6 Å². The summed E-state index contributed by atoms with van der Waals surface area (Å²) in [6.07, 6.45) is 1.12. The molecular weight excluding hydrogens is 266 g/mol. The first kappa shape index (κ1) is 13.2. The molecule has 0 amide bonds. The van der Waals surface area contributed by atoms with Gasteiger partial charge in [0.15, 0.2) is 9.84 Å². The van der Waals surface area contributed by atoms with Gasteiger partial charge in [0, 0.05) is 12.3 Å². The summed E-state index contributed by atoms with van der Waals surface area (Å²) in [6.45, 7) is 0. The van der Waals surface area contributed by atoms with Crippen LogP contribution in [0.4, 0.5) is 5.69 Å². The van der Waals surface area contributed by atoms with Gasteiger partial charge in [-0.25, -0.2) is 8.42 Å². The van der Waals surface area contributed by atoms with Crippen molar-refractivity contribution in [3.8, 4) is 11.1 Å². The van der Waals surface area contributed by atoms with Crippen molar-refractivity contribution in [1.82, 2.24) is 0 Å². The molecule has 0 saturated carbocycles. The van der Waals surface area contributed by atoms with E-state index in [1.54, 1.807) is 30.3 Å². The van der Waals surface area contributed by atoms with Gasteiger partial charge in [-0.15, -0.1) is 0 Å². The normalized spacial score (nSPS) is 11.2. The third-order valence-electron chi connectivity index (χ3n) is 2.69. The Morgan fingerprint density at radius 2 is 1.58 bits per heavy atom. The van der Waals surface area contributed by atoms with Gasteiger partial charge in [0.25, 0.3) is 5.69 Å². The molecule has 2 aromatic carbocycles. The number of nitro benzene ring substituents is 1. The van der Waals surface area contributed by atoms with Gasteiger partial charge in [0.1, 0.15) is 0 Å². The predicted octanol–water partition coefficient (Wildman–Crippen LogP) is 2.67. The second kappa shape index (κ2) is 4.81. The van der Waals surface area contributed by atoms with E-state index < -0.39 is 14.8 Å². The first-order valence-electron chi connectivity index (χ1n) is 5.43. The quantitative estimate of drug-likeness (QED) is 0.638. The summed E-state index contributed by atoms with van der Waals surface area (Å²) in [5.74, 6) is 0. The van der Waals surface area contributed by atoms with Crippen molar-refractivity contribution >= 4 is 15.5 Å². The van der Waals surface area contributed by atoms with Crippen molar-refractivity contribution < 1.29 is 13.3 Å². The lowest BCUT2D eigenvalue weighted by Crippen LogP contribution is -1.96. The van der Waals surface area contributed by atoms with Crippen molar-refractivity contribution in [2.75, 3.05) is 6.26 Å². The summed E-state index contributed by atoms with van der Waals surface area (Å²) in [4.78, 5) is 10.7. The minimum Gasteiger partial charge on any atom is -0.258 e. The molecule has 0 unspecified atom stereocenters. The molecule has 0 aliphatic rings. The Morgan fingerprint density at radius 1 is 1.00 bits per heavy atom. The number of benzene rings is 2. The fourth-order valence-corrected chi connectivity index (χ4v) is 2.39. The molecule has 6 heteroatoms. The van der Waals surface area contributed by atoms with E-state index in [2.05, 4.69) is 0 Å². The van der Waals surface area contributed by atoms with Gasteiger partial charge < -0.3 is 0 Å². The van der Waals surface area contributed by atoms with E-state index in [9.17, 15) is 18.5 Å². The van der Waals surface area contributed by atoms with E-state index in [0.29, 0.717) is 11.1 Å². The van der Waals surface area contributed by atoms with E-state index in [4.69, 9.17) is 0 Å². The second-order valence-corrected chi connectivity index (χ2v) is 6.09. The van der Waals surface area contributed by atoms with Gasteiger partial charge >= 0.3 is 0 Å². The maximum Gasteiger partial charge on any atom is 0.277 e. The summed E-state index contributed by atoms with van der Waals surface area (Å²) in [5.41, 5.74) is 1.07. The molecule has 5 nitrogen and oxygen atoms in total. The fourth-order valence-electron chi connectivity index (χ4n) is 1.76. The number of rotatable bonds is 3. The highest BCUT2D eigenvalue weighted by molar-refractivity contribution is 7.90. The lowest BCUT2D eigenvalue weighted by Gasteiger charge is -2.04. The molecular formula is C13H11NO4S. The topological polar surface area (TPSA) is 77.3 Å². The highest BCUT2D eigenvalue weighted by atomic mass is 32.2.